The highest BCUT2D eigenvalue weighted by molar-refractivity contribution is 5.89. The number of fused-ring (bicyclic) bond motifs is 1. The number of aromatic nitrogens is 2. The minimum absolute atomic E-state index is 0.207. The van der Waals surface area contributed by atoms with Crippen molar-refractivity contribution in [3.63, 3.8) is 0 Å². The zero-order valence-electron chi connectivity index (χ0n) is 10.9. The normalized spacial score (nSPS) is 17.0. The quantitative estimate of drug-likeness (QED) is 0.805. The van der Waals surface area contributed by atoms with Crippen molar-refractivity contribution in [3.8, 4) is 22.6 Å². The molecule has 20 heavy (non-hydrogen) atoms. The van der Waals surface area contributed by atoms with Gasteiger partial charge < -0.3 is 9.47 Å². The van der Waals surface area contributed by atoms with E-state index in [4.69, 9.17) is 9.47 Å². The van der Waals surface area contributed by atoms with Gasteiger partial charge in [-0.05, 0) is 37.0 Å². The van der Waals surface area contributed by atoms with E-state index in [1.54, 1.807) is 6.07 Å². The third kappa shape index (κ3) is 1.70. The van der Waals surface area contributed by atoms with Crippen LogP contribution in [0, 0.1) is 0 Å². The molecule has 1 aliphatic carbocycles. The van der Waals surface area contributed by atoms with Crippen LogP contribution >= 0.6 is 0 Å². The van der Waals surface area contributed by atoms with Gasteiger partial charge in [0.15, 0.2) is 17.8 Å². The summed E-state index contributed by atoms with van der Waals surface area (Å²) in [6.45, 7) is 0.207. The molecule has 0 radical (unpaired) electrons. The molecule has 102 valence electrons. The van der Waals surface area contributed by atoms with E-state index in [-0.39, 0.29) is 6.79 Å². The third-order valence-corrected chi connectivity index (χ3v) is 4.03. The van der Waals surface area contributed by atoms with Gasteiger partial charge in [-0.15, -0.1) is 0 Å². The minimum atomic E-state index is 0.207. The molecule has 0 unspecified atom stereocenters. The average Bonchev–Trinajstić information content (AvgIpc) is 3.03. The van der Waals surface area contributed by atoms with Crippen LogP contribution in [0.5, 0.6) is 11.5 Å². The number of benzene rings is 1. The Morgan fingerprint density at radius 2 is 2.05 bits per heavy atom. The maximum absolute atomic E-state index is 11.3. The van der Waals surface area contributed by atoms with Gasteiger partial charge in [0, 0.05) is 17.3 Å². The predicted molar refractivity (Wildman–Crippen MR) is 72.1 cm³/mol. The second-order valence-corrected chi connectivity index (χ2v) is 5.20. The highest BCUT2D eigenvalue weighted by Crippen LogP contribution is 2.39. The molecular formula is C15H14N2O3. The SMILES string of the molecule is O=Cc1cc2c(cc1-c1cnn(C3CCC3)c1)OCO2. The molecule has 5 heteroatoms. The topological polar surface area (TPSA) is 53.4 Å². The molecule has 1 aliphatic heterocycles. The summed E-state index contributed by atoms with van der Waals surface area (Å²) in [6, 6.07) is 4.09. The van der Waals surface area contributed by atoms with Crippen LogP contribution in [0.4, 0.5) is 0 Å². The zero-order chi connectivity index (χ0) is 13.5. The van der Waals surface area contributed by atoms with Crippen LogP contribution in [0.15, 0.2) is 24.5 Å². The molecule has 4 rings (SSSR count). The number of carbonyl (C=O) groups is 1. The molecular weight excluding hydrogens is 256 g/mol. The first-order valence-electron chi connectivity index (χ1n) is 6.78. The van der Waals surface area contributed by atoms with Gasteiger partial charge in [-0.3, -0.25) is 9.48 Å². The summed E-state index contributed by atoms with van der Waals surface area (Å²) in [5.41, 5.74) is 2.38. The number of hydrogen-bond donors (Lipinski definition) is 0. The first kappa shape index (κ1) is 11.5. The molecule has 0 amide bonds. The van der Waals surface area contributed by atoms with Gasteiger partial charge in [0.1, 0.15) is 0 Å². The van der Waals surface area contributed by atoms with E-state index >= 15 is 0 Å². The Labute approximate surface area is 116 Å². The van der Waals surface area contributed by atoms with Crippen molar-refractivity contribution >= 4 is 6.29 Å². The molecule has 0 saturated heterocycles. The Morgan fingerprint density at radius 3 is 2.75 bits per heavy atom. The predicted octanol–water partition coefficient (Wildman–Crippen LogP) is 2.82. The van der Waals surface area contributed by atoms with E-state index in [1.807, 2.05) is 23.1 Å². The maximum Gasteiger partial charge on any atom is 0.231 e. The average molecular weight is 270 g/mol. The second kappa shape index (κ2) is 4.37. The van der Waals surface area contributed by atoms with Crippen molar-refractivity contribution < 1.29 is 14.3 Å². The summed E-state index contributed by atoms with van der Waals surface area (Å²) in [6.07, 6.45) is 8.30. The van der Waals surface area contributed by atoms with Gasteiger partial charge in [0.05, 0.1) is 12.2 Å². The van der Waals surface area contributed by atoms with E-state index in [9.17, 15) is 4.79 Å². The lowest BCUT2D eigenvalue weighted by Gasteiger charge is -2.25. The Kier molecular flexibility index (Phi) is 2.52. The lowest BCUT2D eigenvalue weighted by Crippen LogP contribution is -2.16. The number of aldehydes is 1. The van der Waals surface area contributed by atoms with Gasteiger partial charge in [-0.25, -0.2) is 0 Å². The lowest BCUT2D eigenvalue weighted by atomic mass is 9.93. The van der Waals surface area contributed by atoms with Crippen molar-refractivity contribution in [2.45, 2.75) is 25.3 Å². The van der Waals surface area contributed by atoms with E-state index in [0.29, 0.717) is 23.1 Å². The number of hydrogen-bond acceptors (Lipinski definition) is 4. The Hall–Kier alpha value is -2.30. The molecule has 0 bridgehead atoms. The van der Waals surface area contributed by atoms with Crippen molar-refractivity contribution in [2.24, 2.45) is 0 Å². The van der Waals surface area contributed by atoms with E-state index in [2.05, 4.69) is 5.10 Å². The van der Waals surface area contributed by atoms with E-state index < -0.39 is 0 Å². The molecule has 2 heterocycles. The molecule has 0 spiro atoms. The Morgan fingerprint density at radius 1 is 1.25 bits per heavy atom. The highest BCUT2D eigenvalue weighted by atomic mass is 16.7. The van der Waals surface area contributed by atoms with Crippen LogP contribution < -0.4 is 9.47 Å². The number of carbonyl (C=O) groups excluding carboxylic acids is 1. The highest BCUT2D eigenvalue weighted by Gasteiger charge is 2.22. The first-order valence-corrected chi connectivity index (χ1v) is 6.78. The van der Waals surface area contributed by atoms with Crippen LogP contribution in [0.25, 0.3) is 11.1 Å². The van der Waals surface area contributed by atoms with E-state index in [0.717, 1.165) is 17.4 Å². The number of ether oxygens (including phenoxy) is 2. The van der Waals surface area contributed by atoms with Crippen LogP contribution in [0.3, 0.4) is 0 Å². The molecule has 2 aliphatic rings. The Balaban J connectivity index is 1.76. The fraction of sp³-hybridized carbons (Fsp3) is 0.333. The molecule has 1 saturated carbocycles. The van der Waals surface area contributed by atoms with Gasteiger partial charge in [-0.2, -0.15) is 5.10 Å². The molecule has 1 fully saturated rings. The standard InChI is InChI=1S/C15H14N2O3/c18-8-10-4-14-15(20-9-19-14)5-13(10)11-6-16-17(7-11)12-2-1-3-12/h4-8,12H,1-3,9H2. The number of nitrogens with zero attached hydrogens (tertiary/aromatic N) is 2. The monoisotopic (exact) mass is 270 g/mol. The molecule has 1 aromatic carbocycles. The van der Waals surface area contributed by atoms with Gasteiger partial charge in [0.2, 0.25) is 6.79 Å². The third-order valence-electron chi connectivity index (χ3n) is 4.03. The van der Waals surface area contributed by atoms with Crippen LogP contribution in [-0.4, -0.2) is 22.9 Å². The zero-order valence-corrected chi connectivity index (χ0v) is 10.9. The molecule has 5 nitrogen and oxygen atoms in total. The largest absolute Gasteiger partial charge is 0.454 e. The second-order valence-electron chi connectivity index (χ2n) is 5.20. The molecule has 0 N–H and O–H groups in total. The van der Waals surface area contributed by atoms with Gasteiger partial charge in [-0.1, -0.05) is 0 Å². The maximum atomic E-state index is 11.3. The Bertz CT molecular complexity index is 674. The van der Waals surface area contributed by atoms with E-state index in [1.165, 1.54) is 19.3 Å². The van der Waals surface area contributed by atoms with Crippen molar-refractivity contribution in [3.05, 3.63) is 30.1 Å². The van der Waals surface area contributed by atoms with Crippen LogP contribution in [0.2, 0.25) is 0 Å². The van der Waals surface area contributed by atoms with Gasteiger partial charge in [0.25, 0.3) is 0 Å². The van der Waals surface area contributed by atoms with Crippen LogP contribution in [-0.2, 0) is 0 Å². The van der Waals surface area contributed by atoms with Crippen molar-refractivity contribution in [2.75, 3.05) is 6.79 Å². The summed E-state index contributed by atoms with van der Waals surface area (Å²) in [5, 5.41) is 4.41. The van der Waals surface area contributed by atoms with Crippen molar-refractivity contribution in [1.82, 2.24) is 9.78 Å². The summed E-state index contributed by atoms with van der Waals surface area (Å²) in [7, 11) is 0. The van der Waals surface area contributed by atoms with Crippen LogP contribution in [0.1, 0.15) is 35.7 Å². The summed E-state index contributed by atoms with van der Waals surface area (Å²) >= 11 is 0. The molecule has 2 aromatic rings. The van der Waals surface area contributed by atoms with Crippen molar-refractivity contribution in [1.29, 1.82) is 0 Å². The fourth-order valence-corrected chi connectivity index (χ4v) is 2.63. The minimum Gasteiger partial charge on any atom is -0.454 e. The first-order chi connectivity index (χ1) is 9.85. The summed E-state index contributed by atoms with van der Waals surface area (Å²) in [4.78, 5) is 11.3. The van der Waals surface area contributed by atoms with Gasteiger partial charge >= 0.3 is 0 Å². The summed E-state index contributed by atoms with van der Waals surface area (Å²) in [5.74, 6) is 1.31. The molecule has 1 aromatic heterocycles. The smallest absolute Gasteiger partial charge is 0.231 e. The number of rotatable bonds is 3. The molecule has 0 atom stereocenters. The lowest BCUT2D eigenvalue weighted by molar-refractivity contribution is 0.112. The fourth-order valence-electron chi connectivity index (χ4n) is 2.63. The summed E-state index contributed by atoms with van der Waals surface area (Å²) < 4.78 is 12.7.